The summed E-state index contributed by atoms with van der Waals surface area (Å²) in [7, 11) is -3.12. The van der Waals surface area contributed by atoms with Crippen LogP contribution in [0, 0.1) is 0 Å². The molecule has 0 N–H and O–H groups in total. The van der Waals surface area contributed by atoms with E-state index < -0.39 is 28.1 Å². The molecule has 4 nitrogen and oxygen atoms in total. The molecule has 28 heavy (non-hydrogen) atoms. The second-order valence-electron chi connectivity index (χ2n) is 9.05. The molecule has 0 aliphatic rings. The van der Waals surface area contributed by atoms with Crippen molar-refractivity contribution in [2.24, 2.45) is 0 Å². The number of ether oxygens (including phenoxy) is 2. The molecular formula is C20H26O4S2Si2. The number of esters is 2. The van der Waals surface area contributed by atoms with Gasteiger partial charge in [-0.25, -0.2) is 0 Å². The summed E-state index contributed by atoms with van der Waals surface area (Å²) in [5.41, 5.74) is 0. The fourth-order valence-electron chi connectivity index (χ4n) is 2.93. The highest BCUT2D eigenvalue weighted by atomic mass is 32.1. The molecule has 0 amide bonds. The number of rotatable bonds is 4. The Bertz CT molecular complexity index is 1010. The van der Waals surface area contributed by atoms with Crippen molar-refractivity contribution in [3.8, 4) is 11.5 Å². The average Bonchev–Trinajstić information content (AvgIpc) is 3.12. The molecular weight excluding hydrogens is 425 g/mol. The van der Waals surface area contributed by atoms with Crippen LogP contribution in [0.5, 0.6) is 11.5 Å². The number of hydrogen-bond donors (Lipinski definition) is 0. The van der Waals surface area contributed by atoms with Crippen LogP contribution in [0.3, 0.4) is 0 Å². The first kappa shape index (κ1) is 21.2. The lowest BCUT2D eigenvalue weighted by Crippen LogP contribution is -2.34. The Morgan fingerprint density at radius 2 is 1.04 bits per heavy atom. The van der Waals surface area contributed by atoms with Gasteiger partial charge in [0.25, 0.3) is 0 Å². The van der Waals surface area contributed by atoms with Crippen molar-refractivity contribution in [2.45, 2.75) is 53.1 Å². The first-order chi connectivity index (χ1) is 12.8. The van der Waals surface area contributed by atoms with Gasteiger partial charge in [0, 0.05) is 24.6 Å². The second-order valence-corrected chi connectivity index (χ2v) is 22.0. The zero-order chi connectivity index (χ0) is 21.0. The lowest BCUT2D eigenvalue weighted by atomic mass is 10.1. The van der Waals surface area contributed by atoms with E-state index in [2.05, 4.69) is 51.4 Å². The molecule has 0 bridgehead atoms. The van der Waals surface area contributed by atoms with Crippen molar-refractivity contribution < 1.29 is 19.1 Å². The molecule has 3 rings (SSSR count). The molecule has 8 heteroatoms. The van der Waals surface area contributed by atoms with Crippen molar-refractivity contribution in [1.29, 1.82) is 0 Å². The fourth-order valence-corrected chi connectivity index (χ4v) is 9.12. The Morgan fingerprint density at radius 1 is 0.714 bits per heavy atom. The molecule has 0 spiro atoms. The Hall–Kier alpha value is -1.49. The van der Waals surface area contributed by atoms with Gasteiger partial charge in [0.2, 0.25) is 0 Å². The second kappa shape index (κ2) is 7.09. The van der Waals surface area contributed by atoms with Gasteiger partial charge in [-0.1, -0.05) is 39.3 Å². The summed E-state index contributed by atoms with van der Waals surface area (Å²) in [4.78, 5) is 23.7. The maximum atomic E-state index is 11.9. The normalized spacial score (nSPS) is 12.6. The summed E-state index contributed by atoms with van der Waals surface area (Å²) in [5, 5.41) is 1.73. The topological polar surface area (TPSA) is 52.6 Å². The standard InChI is InChI=1S/C20H26O4S2Si2/c1-11(21)23-17-13-9-15(27(3,4)5)25-19(13)20-14(18(17)24-12(2)22)10-16(26-20)28(6,7)8/h9-10H,1-8H3. The zero-order valence-corrected chi connectivity index (χ0v) is 21.2. The van der Waals surface area contributed by atoms with Crippen LogP contribution in [0.2, 0.25) is 39.3 Å². The molecule has 0 aliphatic heterocycles. The van der Waals surface area contributed by atoms with E-state index in [0.29, 0.717) is 11.5 Å². The molecule has 0 atom stereocenters. The van der Waals surface area contributed by atoms with Crippen LogP contribution in [0.1, 0.15) is 13.8 Å². The number of benzene rings is 1. The van der Waals surface area contributed by atoms with Crippen LogP contribution in [0.4, 0.5) is 0 Å². The van der Waals surface area contributed by atoms with Gasteiger partial charge >= 0.3 is 11.9 Å². The van der Waals surface area contributed by atoms with Crippen molar-refractivity contribution in [3.63, 3.8) is 0 Å². The number of thiophene rings is 2. The van der Waals surface area contributed by atoms with Gasteiger partial charge in [0.15, 0.2) is 11.5 Å². The third kappa shape index (κ3) is 3.96. The van der Waals surface area contributed by atoms with Gasteiger partial charge in [-0.3, -0.25) is 9.59 Å². The van der Waals surface area contributed by atoms with Crippen molar-refractivity contribution in [1.82, 2.24) is 0 Å². The third-order valence-electron chi connectivity index (χ3n) is 4.34. The molecule has 1 aromatic carbocycles. The van der Waals surface area contributed by atoms with Gasteiger partial charge in [-0.15, -0.1) is 22.7 Å². The van der Waals surface area contributed by atoms with Crippen LogP contribution in [0.25, 0.3) is 20.2 Å². The maximum absolute atomic E-state index is 11.9. The molecule has 3 aromatic rings. The van der Waals surface area contributed by atoms with E-state index in [1.807, 2.05) is 0 Å². The summed E-state index contributed by atoms with van der Waals surface area (Å²) in [6.07, 6.45) is 0. The molecule has 2 heterocycles. The highest BCUT2D eigenvalue weighted by molar-refractivity contribution is 7.37. The first-order valence-electron chi connectivity index (χ1n) is 9.20. The van der Waals surface area contributed by atoms with E-state index in [-0.39, 0.29) is 0 Å². The van der Waals surface area contributed by atoms with Gasteiger partial charge in [-0.2, -0.15) is 0 Å². The van der Waals surface area contributed by atoms with E-state index in [9.17, 15) is 9.59 Å². The minimum atomic E-state index is -1.56. The van der Waals surface area contributed by atoms with Crippen molar-refractivity contribution in [2.75, 3.05) is 0 Å². The summed E-state index contributed by atoms with van der Waals surface area (Å²) in [6.45, 7) is 16.6. The monoisotopic (exact) mass is 450 g/mol. The fraction of sp³-hybridized carbons (Fsp3) is 0.400. The molecule has 2 aromatic heterocycles. The van der Waals surface area contributed by atoms with Crippen LogP contribution < -0.4 is 18.5 Å². The van der Waals surface area contributed by atoms with Crippen LogP contribution in [0.15, 0.2) is 12.1 Å². The first-order valence-corrected chi connectivity index (χ1v) is 17.8. The Kier molecular flexibility index (Phi) is 5.37. The SMILES string of the molecule is CC(=O)Oc1c(OC(C)=O)c2cc([Si](C)(C)C)sc2c2sc([Si](C)(C)C)cc12. The Morgan fingerprint density at radius 3 is 1.29 bits per heavy atom. The van der Waals surface area contributed by atoms with Crippen LogP contribution >= 0.6 is 22.7 Å². The zero-order valence-electron chi connectivity index (χ0n) is 17.6. The predicted molar refractivity (Wildman–Crippen MR) is 126 cm³/mol. The Balaban J connectivity index is 2.50. The van der Waals surface area contributed by atoms with Crippen molar-refractivity contribution >= 4 is 79.9 Å². The molecule has 0 aliphatic carbocycles. The number of carbonyl (C=O) groups is 2. The smallest absolute Gasteiger partial charge is 0.308 e. The minimum Gasteiger partial charge on any atom is -0.422 e. The van der Waals surface area contributed by atoms with Gasteiger partial charge < -0.3 is 9.47 Å². The van der Waals surface area contributed by atoms with E-state index in [4.69, 9.17) is 9.47 Å². The summed E-state index contributed by atoms with van der Waals surface area (Å²) >= 11 is 3.56. The molecule has 0 radical (unpaired) electrons. The third-order valence-corrected chi connectivity index (χ3v) is 13.9. The number of fused-ring (bicyclic) bond motifs is 3. The van der Waals surface area contributed by atoms with Gasteiger partial charge in [-0.05, 0) is 21.1 Å². The number of carbonyl (C=O) groups excluding carboxylic acids is 2. The summed E-state index contributed by atoms with van der Waals surface area (Å²) in [6, 6.07) is 4.26. The lowest BCUT2D eigenvalue weighted by Gasteiger charge is -2.12. The molecule has 0 fully saturated rings. The van der Waals surface area contributed by atoms with Crippen LogP contribution in [-0.2, 0) is 9.59 Å². The van der Waals surface area contributed by atoms with Gasteiger partial charge in [0.1, 0.15) is 0 Å². The van der Waals surface area contributed by atoms with E-state index >= 15 is 0 Å². The van der Waals surface area contributed by atoms with E-state index in [1.54, 1.807) is 22.7 Å². The predicted octanol–water partition coefficient (Wildman–Crippen LogP) is 5.06. The average molecular weight is 451 g/mol. The largest absolute Gasteiger partial charge is 0.422 e. The minimum absolute atomic E-state index is 0.367. The van der Waals surface area contributed by atoms with E-state index in [1.165, 1.54) is 22.8 Å². The highest BCUT2D eigenvalue weighted by Gasteiger charge is 2.29. The quantitative estimate of drug-likeness (QED) is 0.317. The van der Waals surface area contributed by atoms with Crippen LogP contribution in [-0.4, -0.2) is 28.1 Å². The Labute approximate surface area is 175 Å². The van der Waals surface area contributed by atoms with Crippen molar-refractivity contribution in [3.05, 3.63) is 12.1 Å². The summed E-state index contributed by atoms with van der Waals surface area (Å²) in [5.74, 6) is -0.109. The van der Waals surface area contributed by atoms with E-state index in [0.717, 1.165) is 20.2 Å². The summed E-state index contributed by atoms with van der Waals surface area (Å²) < 4.78 is 16.1. The maximum Gasteiger partial charge on any atom is 0.308 e. The molecule has 0 unspecified atom stereocenters. The lowest BCUT2D eigenvalue weighted by molar-refractivity contribution is -0.134. The molecule has 0 saturated heterocycles. The number of hydrogen-bond acceptors (Lipinski definition) is 6. The molecule has 150 valence electrons. The highest BCUT2D eigenvalue weighted by Crippen LogP contribution is 2.47. The van der Waals surface area contributed by atoms with Gasteiger partial charge in [0.05, 0.1) is 25.5 Å². The molecule has 0 saturated carbocycles.